The van der Waals surface area contributed by atoms with Crippen LogP contribution >= 0.6 is 11.3 Å². The third kappa shape index (κ3) is 1.99. The van der Waals surface area contributed by atoms with E-state index in [4.69, 9.17) is 0 Å². The van der Waals surface area contributed by atoms with Gasteiger partial charge >= 0.3 is 0 Å². The second-order valence-corrected chi connectivity index (χ2v) is 6.00. The van der Waals surface area contributed by atoms with Gasteiger partial charge in [0.15, 0.2) is 10.9 Å². The quantitative estimate of drug-likeness (QED) is 0.756. The number of fused-ring (bicyclic) bond motifs is 1. The van der Waals surface area contributed by atoms with Gasteiger partial charge in [0.2, 0.25) is 0 Å². The number of hydrogen-bond acceptors (Lipinski definition) is 4. The summed E-state index contributed by atoms with van der Waals surface area (Å²) in [6.45, 7) is 2.71. The molecular formula is C13H18N2OS. The Bertz CT molecular complexity index is 429. The normalized spacial score (nSPS) is 28.2. The molecule has 1 saturated carbocycles. The maximum Gasteiger partial charge on any atom is 0.186 e. The average molecular weight is 250 g/mol. The molecule has 1 aliphatic carbocycles. The Labute approximate surface area is 106 Å². The molecule has 2 unspecified atom stereocenters. The zero-order valence-electron chi connectivity index (χ0n) is 10.2. The molecule has 0 bridgehead atoms. The summed E-state index contributed by atoms with van der Waals surface area (Å²) in [6, 6.07) is 0.690. The van der Waals surface area contributed by atoms with Crippen molar-refractivity contribution < 1.29 is 4.79 Å². The zero-order valence-corrected chi connectivity index (χ0v) is 11.0. The topological polar surface area (TPSA) is 33.2 Å². The minimum Gasteiger partial charge on any atom is -0.345 e. The third-order valence-electron chi connectivity index (χ3n) is 4.09. The number of thiazole rings is 1. The molecule has 1 aromatic heterocycles. The lowest BCUT2D eigenvalue weighted by Gasteiger charge is -2.37. The van der Waals surface area contributed by atoms with Crippen LogP contribution in [0, 0.1) is 5.92 Å². The first kappa shape index (κ1) is 11.2. The van der Waals surface area contributed by atoms with Gasteiger partial charge in [-0.05, 0) is 31.6 Å². The summed E-state index contributed by atoms with van der Waals surface area (Å²) >= 11 is 1.63. The van der Waals surface area contributed by atoms with Gasteiger partial charge in [-0.25, -0.2) is 4.98 Å². The summed E-state index contributed by atoms with van der Waals surface area (Å²) in [5.74, 6) is 0.945. The maximum atomic E-state index is 11.3. The van der Waals surface area contributed by atoms with E-state index in [2.05, 4.69) is 9.88 Å². The lowest BCUT2D eigenvalue weighted by atomic mass is 9.92. The molecule has 1 saturated heterocycles. The van der Waals surface area contributed by atoms with Crippen LogP contribution in [0.4, 0.5) is 5.13 Å². The molecule has 0 aromatic carbocycles. The van der Waals surface area contributed by atoms with Crippen molar-refractivity contribution in [3.8, 4) is 0 Å². The SMILES string of the molecule is CC(=O)c1csc(N2CCCC3CCCC32)n1. The number of carbonyl (C=O) groups excluding carboxylic acids is 1. The summed E-state index contributed by atoms with van der Waals surface area (Å²) in [7, 11) is 0. The van der Waals surface area contributed by atoms with E-state index >= 15 is 0 Å². The molecule has 2 fully saturated rings. The summed E-state index contributed by atoms with van der Waals surface area (Å²) in [5.41, 5.74) is 0.630. The van der Waals surface area contributed by atoms with Crippen molar-refractivity contribution in [3.05, 3.63) is 11.1 Å². The standard InChI is InChI=1S/C13H18N2OS/c1-9(16)11-8-17-13(14-11)15-7-3-5-10-4-2-6-12(10)15/h8,10,12H,2-7H2,1H3. The highest BCUT2D eigenvalue weighted by Crippen LogP contribution is 2.39. The van der Waals surface area contributed by atoms with Crippen molar-refractivity contribution in [1.82, 2.24) is 4.98 Å². The summed E-state index contributed by atoms with van der Waals surface area (Å²) in [4.78, 5) is 18.2. The molecular weight excluding hydrogens is 232 g/mol. The Morgan fingerprint density at radius 3 is 3.00 bits per heavy atom. The van der Waals surface area contributed by atoms with Crippen LogP contribution in [0.25, 0.3) is 0 Å². The van der Waals surface area contributed by atoms with Crippen LogP contribution in [0.15, 0.2) is 5.38 Å². The first-order valence-corrected chi connectivity index (χ1v) is 7.37. The van der Waals surface area contributed by atoms with E-state index in [0.717, 1.165) is 17.6 Å². The predicted molar refractivity (Wildman–Crippen MR) is 69.8 cm³/mol. The fourth-order valence-electron chi connectivity index (χ4n) is 3.25. The molecule has 2 heterocycles. The van der Waals surface area contributed by atoms with Crippen molar-refractivity contribution in [3.63, 3.8) is 0 Å². The Morgan fingerprint density at radius 1 is 1.41 bits per heavy atom. The molecule has 1 aromatic rings. The van der Waals surface area contributed by atoms with E-state index in [-0.39, 0.29) is 5.78 Å². The molecule has 0 N–H and O–H groups in total. The predicted octanol–water partition coefficient (Wildman–Crippen LogP) is 3.11. The molecule has 2 aliphatic rings. The van der Waals surface area contributed by atoms with E-state index < -0.39 is 0 Å². The van der Waals surface area contributed by atoms with Crippen LogP contribution in [0.5, 0.6) is 0 Å². The van der Waals surface area contributed by atoms with Gasteiger partial charge in [-0.2, -0.15) is 0 Å². The number of piperidine rings is 1. The minimum absolute atomic E-state index is 0.0764. The van der Waals surface area contributed by atoms with E-state index in [1.165, 1.54) is 32.1 Å². The van der Waals surface area contributed by atoms with Crippen LogP contribution in [0.2, 0.25) is 0 Å². The van der Waals surface area contributed by atoms with E-state index in [9.17, 15) is 4.79 Å². The Hall–Kier alpha value is -0.900. The molecule has 1 aliphatic heterocycles. The second kappa shape index (κ2) is 4.41. The van der Waals surface area contributed by atoms with Crippen molar-refractivity contribution in [2.24, 2.45) is 5.92 Å². The van der Waals surface area contributed by atoms with Crippen molar-refractivity contribution in [2.45, 2.75) is 45.1 Å². The summed E-state index contributed by atoms with van der Waals surface area (Å²) in [6.07, 6.45) is 6.70. The van der Waals surface area contributed by atoms with Gasteiger partial charge in [0.25, 0.3) is 0 Å². The van der Waals surface area contributed by atoms with Crippen molar-refractivity contribution >= 4 is 22.3 Å². The summed E-state index contributed by atoms with van der Waals surface area (Å²) < 4.78 is 0. The molecule has 4 heteroatoms. The molecule has 0 radical (unpaired) electrons. The molecule has 3 nitrogen and oxygen atoms in total. The van der Waals surface area contributed by atoms with Gasteiger partial charge in [0.1, 0.15) is 5.69 Å². The van der Waals surface area contributed by atoms with Gasteiger partial charge in [-0.15, -0.1) is 11.3 Å². The zero-order chi connectivity index (χ0) is 11.8. The monoisotopic (exact) mass is 250 g/mol. The first-order chi connectivity index (χ1) is 8.25. The smallest absolute Gasteiger partial charge is 0.186 e. The maximum absolute atomic E-state index is 11.3. The van der Waals surface area contributed by atoms with Crippen LogP contribution < -0.4 is 4.90 Å². The number of nitrogens with zero attached hydrogens (tertiary/aromatic N) is 2. The lowest BCUT2D eigenvalue weighted by molar-refractivity contribution is 0.101. The number of ketones is 1. The number of hydrogen-bond donors (Lipinski definition) is 0. The van der Waals surface area contributed by atoms with Crippen LogP contribution in [-0.4, -0.2) is 23.4 Å². The molecule has 2 atom stereocenters. The highest BCUT2D eigenvalue weighted by Gasteiger charge is 2.36. The molecule has 3 rings (SSSR count). The van der Waals surface area contributed by atoms with Gasteiger partial charge in [-0.1, -0.05) is 6.42 Å². The number of anilines is 1. The van der Waals surface area contributed by atoms with Gasteiger partial charge in [0, 0.05) is 24.9 Å². The molecule has 17 heavy (non-hydrogen) atoms. The van der Waals surface area contributed by atoms with E-state index in [0.29, 0.717) is 11.7 Å². The van der Waals surface area contributed by atoms with Gasteiger partial charge in [-0.3, -0.25) is 4.79 Å². The molecule has 92 valence electrons. The fourth-order valence-corrected chi connectivity index (χ4v) is 4.20. The number of rotatable bonds is 2. The van der Waals surface area contributed by atoms with Gasteiger partial charge < -0.3 is 4.90 Å². The second-order valence-electron chi connectivity index (χ2n) is 5.17. The first-order valence-electron chi connectivity index (χ1n) is 6.49. The number of Topliss-reactive ketones (excluding diaryl/α,β-unsaturated/α-hetero) is 1. The lowest BCUT2D eigenvalue weighted by Crippen LogP contribution is -2.42. The Balaban J connectivity index is 1.84. The van der Waals surface area contributed by atoms with Crippen molar-refractivity contribution in [1.29, 1.82) is 0 Å². The minimum atomic E-state index is 0.0764. The Morgan fingerprint density at radius 2 is 2.24 bits per heavy atom. The van der Waals surface area contributed by atoms with E-state index in [1.807, 2.05) is 5.38 Å². The Kier molecular flexibility index (Phi) is 2.90. The highest BCUT2D eigenvalue weighted by molar-refractivity contribution is 7.13. The highest BCUT2D eigenvalue weighted by atomic mass is 32.1. The fraction of sp³-hybridized carbons (Fsp3) is 0.692. The van der Waals surface area contributed by atoms with Gasteiger partial charge in [0.05, 0.1) is 0 Å². The average Bonchev–Trinajstić information content (AvgIpc) is 2.97. The summed E-state index contributed by atoms with van der Waals surface area (Å²) in [5, 5.41) is 2.96. The number of carbonyl (C=O) groups is 1. The third-order valence-corrected chi connectivity index (χ3v) is 4.97. The van der Waals surface area contributed by atoms with E-state index in [1.54, 1.807) is 18.3 Å². The van der Waals surface area contributed by atoms with Crippen LogP contribution in [0.1, 0.15) is 49.5 Å². The number of aromatic nitrogens is 1. The van der Waals surface area contributed by atoms with Crippen molar-refractivity contribution in [2.75, 3.05) is 11.4 Å². The molecule has 0 amide bonds. The van der Waals surface area contributed by atoms with Crippen LogP contribution in [0.3, 0.4) is 0 Å². The largest absolute Gasteiger partial charge is 0.345 e. The van der Waals surface area contributed by atoms with Crippen LogP contribution in [-0.2, 0) is 0 Å². The molecule has 0 spiro atoms.